The van der Waals surface area contributed by atoms with Crippen molar-refractivity contribution in [3.05, 3.63) is 55.3 Å². The van der Waals surface area contributed by atoms with Crippen LogP contribution in [0.1, 0.15) is 15.9 Å². The van der Waals surface area contributed by atoms with E-state index in [1.165, 1.54) is 24.4 Å². The van der Waals surface area contributed by atoms with Gasteiger partial charge in [0.15, 0.2) is 0 Å². The number of hydrogen-bond acceptors (Lipinski definition) is 5. The summed E-state index contributed by atoms with van der Waals surface area (Å²) in [6.45, 7) is 1.56. The van der Waals surface area contributed by atoms with Gasteiger partial charge in [0.1, 0.15) is 11.3 Å². The predicted molar refractivity (Wildman–Crippen MR) is 81.8 cm³/mol. The number of aromatic carboxylic acids is 1. The zero-order chi connectivity index (χ0) is 15.6. The van der Waals surface area contributed by atoms with E-state index in [1.807, 2.05) is 22.6 Å². The molecule has 0 fully saturated rings. The minimum atomic E-state index is -1.15. The van der Waals surface area contributed by atoms with Crippen LogP contribution in [0.15, 0.2) is 30.5 Å². The van der Waals surface area contributed by atoms with Crippen molar-refractivity contribution in [2.45, 2.75) is 6.92 Å². The quantitative estimate of drug-likeness (QED) is 0.480. The van der Waals surface area contributed by atoms with Gasteiger partial charge in [0.2, 0.25) is 5.88 Å². The summed E-state index contributed by atoms with van der Waals surface area (Å²) < 4.78 is 6.11. The maximum Gasteiger partial charge on any atom is 0.339 e. The lowest BCUT2D eigenvalue weighted by Gasteiger charge is -2.08. The number of hydrogen-bond donors (Lipinski definition) is 1. The molecule has 0 aliphatic carbocycles. The third kappa shape index (κ3) is 3.45. The first-order chi connectivity index (χ1) is 9.88. The smallest absolute Gasteiger partial charge is 0.339 e. The monoisotopic (exact) mass is 400 g/mol. The number of pyridine rings is 1. The van der Waals surface area contributed by atoms with E-state index < -0.39 is 10.9 Å². The van der Waals surface area contributed by atoms with Crippen LogP contribution in [0.2, 0.25) is 0 Å². The van der Waals surface area contributed by atoms with Crippen molar-refractivity contribution in [1.82, 2.24) is 4.98 Å². The number of carboxylic acid groups (broad SMARTS) is 1. The first-order valence-corrected chi connectivity index (χ1v) is 6.78. The third-order valence-electron chi connectivity index (χ3n) is 2.63. The normalized spacial score (nSPS) is 10.2. The molecule has 2 rings (SSSR count). The molecule has 2 aromatic rings. The van der Waals surface area contributed by atoms with E-state index in [4.69, 9.17) is 9.84 Å². The highest BCUT2D eigenvalue weighted by Crippen LogP contribution is 2.28. The molecule has 0 unspecified atom stereocenters. The summed E-state index contributed by atoms with van der Waals surface area (Å²) in [5.41, 5.74) is 0.225. The van der Waals surface area contributed by atoms with Gasteiger partial charge in [-0.2, -0.15) is 0 Å². The Kier molecular flexibility index (Phi) is 4.36. The van der Waals surface area contributed by atoms with Crippen LogP contribution in [0.25, 0.3) is 0 Å². The van der Waals surface area contributed by atoms with E-state index >= 15 is 0 Å². The van der Waals surface area contributed by atoms with Crippen molar-refractivity contribution >= 4 is 34.2 Å². The molecule has 0 spiro atoms. The van der Waals surface area contributed by atoms with Crippen LogP contribution in [0.5, 0.6) is 11.6 Å². The Balaban J connectivity index is 2.41. The number of ether oxygens (including phenoxy) is 1. The van der Waals surface area contributed by atoms with E-state index in [0.717, 1.165) is 3.57 Å². The predicted octanol–water partition coefficient (Wildman–Crippen LogP) is 3.39. The second-order valence-electron chi connectivity index (χ2n) is 4.11. The highest BCUT2D eigenvalue weighted by molar-refractivity contribution is 14.1. The zero-order valence-electron chi connectivity index (χ0n) is 10.7. The van der Waals surface area contributed by atoms with Crippen molar-refractivity contribution in [2.24, 2.45) is 0 Å². The molecule has 0 aliphatic heterocycles. The molecule has 1 N–H and O–H groups in total. The first-order valence-electron chi connectivity index (χ1n) is 5.70. The lowest BCUT2D eigenvalue weighted by molar-refractivity contribution is -0.385. The Bertz CT molecular complexity index is 732. The Morgan fingerprint density at radius 2 is 2.14 bits per heavy atom. The molecule has 0 aliphatic rings. The molecule has 0 saturated heterocycles. The average molecular weight is 400 g/mol. The molecule has 0 saturated carbocycles. The van der Waals surface area contributed by atoms with Crippen LogP contribution in [-0.4, -0.2) is 21.0 Å². The standard InChI is InChI=1S/C13H9IN2O5/c1-7-6-15-12(5-10(7)16(19)20)21-11-3-2-8(14)4-9(11)13(17)18/h2-6H,1H3,(H,17,18). The largest absolute Gasteiger partial charge is 0.478 e. The van der Waals surface area contributed by atoms with Crippen molar-refractivity contribution in [3.8, 4) is 11.6 Å². The lowest BCUT2D eigenvalue weighted by atomic mass is 10.2. The Morgan fingerprint density at radius 1 is 1.43 bits per heavy atom. The number of nitro groups is 1. The first kappa shape index (κ1) is 15.2. The summed E-state index contributed by atoms with van der Waals surface area (Å²) in [6.07, 6.45) is 1.31. The molecule has 108 valence electrons. The summed E-state index contributed by atoms with van der Waals surface area (Å²) >= 11 is 1.98. The summed E-state index contributed by atoms with van der Waals surface area (Å²) in [5, 5.41) is 20.0. The van der Waals surface area contributed by atoms with Crippen LogP contribution >= 0.6 is 22.6 Å². The van der Waals surface area contributed by atoms with Gasteiger partial charge in [0.25, 0.3) is 5.69 Å². The number of aromatic nitrogens is 1. The number of carbonyl (C=O) groups is 1. The number of halogens is 1. The van der Waals surface area contributed by atoms with E-state index in [1.54, 1.807) is 13.0 Å². The number of aryl methyl sites for hydroxylation is 1. The molecule has 0 amide bonds. The van der Waals surface area contributed by atoms with Crippen molar-refractivity contribution in [2.75, 3.05) is 0 Å². The van der Waals surface area contributed by atoms with Gasteiger partial charge in [-0.3, -0.25) is 10.1 Å². The van der Waals surface area contributed by atoms with Gasteiger partial charge < -0.3 is 9.84 Å². The SMILES string of the molecule is Cc1cnc(Oc2ccc(I)cc2C(=O)O)cc1[N+](=O)[O-]. The van der Waals surface area contributed by atoms with Gasteiger partial charge in [0.05, 0.1) is 11.0 Å². The fourth-order valence-electron chi connectivity index (χ4n) is 1.62. The van der Waals surface area contributed by atoms with E-state index in [9.17, 15) is 14.9 Å². The molecule has 0 bridgehead atoms. The van der Waals surface area contributed by atoms with Crippen molar-refractivity contribution < 1.29 is 19.6 Å². The van der Waals surface area contributed by atoms with Crippen molar-refractivity contribution in [3.63, 3.8) is 0 Å². The molecule has 1 aromatic heterocycles. The molecule has 0 radical (unpaired) electrons. The molecule has 1 heterocycles. The van der Waals surface area contributed by atoms with Gasteiger partial charge in [-0.1, -0.05) is 0 Å². The second-order valence-corrected chi connectivity index (χ2v) is 5.36. The van der Waals surface area contributed by atoms with Gasteiger partial charge in [0, 0.05) is 15.3 Å². The fraction of sp³-hybridized carbons (Fsp3) is 0.0769. The molecular formula is C13H9IN2O5. The summed E-state index contributed by atoms with van der Waals surface area (Å²) in [5.74, 6) is -1.10. The Labute approximate surface area is 132 Å². The zero-order valence-corrected chi connectivity index (χ0v) is 12.9. The molecule has 8 heteroatoms. The summed E-state index contributed by atoms with van der Waals surface area (Å²) in [7, 11) is 0. The fourth-order valence-corrected chi connectivity index (χ4v) is 2.11. The average Bonchev–Trinajstić information content (AvgIpc) is 2.42. The van der Waals surface area contributed by atoms with Crippen LogP contribution < -0.4 is 4.74 Å². The summed E-state index contributed by atoms with van der Waals surface area (Å²) in [4.78, 5) is 25.4. The maximum absolute atomic E-state index is 11.2. The minimum absolute atomic E-state index is 0.0315. The summed E-state index contributed by atoms with van der Waals surface area (Å²) in [6, 6.07) is 5.77. The maximum atomic E-state index is 11.2. The molecule has 21 heavy (non-hydrogen) atoms. The van der Waals surface area contributed by atoms with E-state index in [-0.39, 0.29) is 22.9 Å². The van der Waals surface area contributed by atoms with Gasteiger partial charge >= 0.3 is 5.97 Å². The topological polar surface area (TPSA) is 103 Å². The second kappa shape index (κ2) is 6.04. The van der Waals surface area contributed by atoms with Gasteiger partial charge in [-0.25, -0.2) is 9.78 Å². The minimum Gasteiger partial charge on any atom is -0.478 e. The van der Waals surface area contributed by atoms with Crippen LogP contribution in [0, 0.1) is 20.6 Å². The number of nitrogens with zero attached hydrogens (tertiary/aromatic N) is 2. The van der Waals surface area contributed by atoms with E-state index in [0.29, 0.717) is 5.56 Å². The molecule has 1 aromatic carbocycles. The number of rotatable bonds is 4. The number of carboxylic acids is 1. The molecule has 7 nitrogen and oxygen atoms in total. The van der Waals surface area contributed by atoms with Crippen LogP contribution in [0.3, 0.4) is 0 Å². The number of benzene rings is 1. The van der Waals surface area contributed by atoms with E-state index in [2.05, 4.69) is 4.98 Å². The van der Waals surface area contributed by atoms with Crippen LogP contribution in [0.4, 0.5) is 5.69 Å². The van der Waals surface area contributed by atoms with Crippen LogP contribution in [-0.2, 0) is 0 Å². The van der Waals surface area contributed by atoms with Gasteiger partial charge in [-0.05, 0) is 47.7 Å². The van der Waals surface area contributed by atoms with Crippen molar-refractivity contribution in [1.29, 1.82) is 0 Å². The Hall–Kier alpha value is -2.23. The Morgan fingerprint density at radius 3 is 2.76 bits per heavy atom. The molecular weight excluding hydrogens is 391 g/mol. The molecule has 0 atom stereocenters. The highest BCUT2D eigenvalue weighted by atomic mass is 127. The highest BCUT2D eigenvalue weighted by Gasteiger charge is 2.16. The third-order valence-corrected chi connectivity index (χ3v) is 3.30. The lowest BCUT2D eigenvalue weighted by Crippen LogP contribution is -2.02. The van der Waals surface area contributed by atoms with Gasteiger partial charge in [-0.15, -0.1) is 0 Å².